The molecule has 3 aromatic carbocycles. The summed E-state index contributed by atoms with van der Waals surface area (Å²) in [5, 5.41) is 3.28. The van der Waals surface area contributed by atoms with Crippen LogP contribution in [0.4, 0.5) is 5.69 Å². The maximum absolute atomic E-state index is 14.0. The van der Waals surface area contributed by atoms with Gasteiger partial charge in [0, 0.05) is 12.6 Å². The molecule has 212 valence electrons. The molecule has 1 atom stereocenters. The molecule has 0 bridgehead atoms. The Labute approximate surface area is 242 Å². The number of hydrogen-bond acceptors (Lipinski definition) is 4. The highest BCUT2D eigenvalue weighted by Gasteiger charge is 2.34. The van der Waals surface area contributed by atoms with E-state index in [0.29, 0.717) is 0 Å². The number of nitrogens with zero attached hydrogens (tertiary/aromatic N) is 2. The first-order chi connectivity index (χ1) is 19.1. The van der Waals surface area contributed by atoms with Crippen LogP contribution in [-0.4, -0.2) is 43.8 Å². The highest BCUT2D eigenvalue weighted by atomic mass is 35.5. The van der Waals surface area contributed by atoms with E-state index in [4.69, 9.17) is 11.6 Å². The normalized spacial score (nSPS) is 14.5. The van der Waals surface area contributed by atoms with Gasteiger partial charge in [0.05, 0.1) is 15.6 Å². The van der Waals surface area contributed by atoms with Crippen LogP contribution in [0.2, 0.25) is 5.02 Å². The number of halogens is 1. The van der Waals surface area contributed by atoms with Crippen LogP contribution in [0.15, 0.2) is 77.7 Å². The maximum Gasteiger partial charge on any atom is 0.264 e. The molecule has 0 saturated heterocycles. The van der Waals surface area contributed by atoms with Gasteiger partial charge in [-0.3, -0.25) is 13.9 Å². The van der Waals surface area contributed by atoms with Crippen LogP contribution in [0.1, 0.15) is 49.3 Å². The summed E-state index contributed by atoms with van der Waals surface area (Å²) in [7, 11) is -4.17. The third kappa shape index (κ3) is 7.04. The minimum Gasteiger partial charge on any atom is -0.352 e. The lowest BCUT2D eigenvalue weighted by atomic mass is 10.1. The number of para-hydroxylation sites is 1. The zero-order valence-corrected chi connectivity index (χ0v) is 24.7. The molecule has 3 aromatic rings. The smallest absolute Gasteiger partial charge is 0.264 e. The minimum atomic E-state index is -4.17. The van der Waals surface area contributed by atoms with E-state index in [2.05, 4.69) is 5.32 Å². The Bertz CT molecular complexity index is 1450. The van der Waals surface area contributed by atoms with Crippen molar-refractivity contribution in [1.29, 1.82) is 0 Å². The number of benzene rings is 3. The fourth-order valence-electron chi connectivity index (χ4n) is 4.99. The second-order valence-corrected chi connectivity index (χ2v) is 12.7. The first-order valence-corrected chi connectivity index (χ1v) is 15.4. The van der Waals surface area contributed by atoms with Crippen molar-refractivity contribution in [3.8, 4) is 0 Å². The van der Waals surface area contributed by atoms with Crippen molar-refractivity contribution >= 4 is 39.1 Å². The molecule has 0 radical (unpaired) electrons. The number of rotatable bonds is 10. The molecule has 9 heteroatoms. The van der Waals surface area contributed by atoms with Crippen LogP contribution in [0.5, 0.6) is 0 Å². The highest BCUT2D eigenvalue weighted by Crippen LogP contribution is 2.31. The van der Waals surface area contributed by atoms with Crippen LogP contribution in [-0.2, 0) is 26.2 Å². The summed E-state index contributed by atoms with van der Waals surface area (Å²) in [4.78, 5) is 28.8. The second-order valence-electron chi connectivity index (χ2n) is 10.5. The van der Waals surface area contributed by atoms with Crippen molar-refractivity contribution in [2.75, 3.05) is 10.8 Å². The van der Waals surface area contributed by atoms with Crippen molar-refractivity contribution in [2.45, 2.75) is 70.0 Å². The second kappa shape index (κ2) is 12.9. The Balaban J connectivity index is 1.69. The van der Waals surface area contributed by atoms with Crippen molar-refractivity contribution < 1.29 is 18.0 Å². The first-order valence-electron chi connectivity index (χ1n) is 13.6. The average Bonchev–Trinajstić information content (AvgIpc) is 3.43. The molecular formula is C31H36ClN3O4S. The Kier molecular flexibility index (Phi) is 9.53. The van der Waals surface area contributed by atoms with Crippen LogP contribution in [0, 0.1) is 13.8 Å². The SMILES string of the molecule is Cc1ccc(S(=O)(=O)N(CC(=O)N(Cc2cccc(C)c2)[C@@H](C)C(=O)NC2CCCC2)c2ccccc2Cl)cc1. The molecule has 0 heterocycles. The van der Waals surface area contributed by atoms with Gasteiger partial charge in [0.15, 0.2) is 0 Å². The van der Waals surface area contributed by atoms with Crippen molar-refractivity contribution in [2.24, 2.45) is 0 Å². The van der Waals surface area contributed by atoms with Gasteiger partial charge in [-0.05, 0) is 63.4 Å². The lowest BCUT2D eigenvalue weighted by Gasteiger charge is -2.32. The minimum absolute atomic E-state index is 0.0445. The molecule has 0 aromatic heterocycles. The number of amides is 2. The fraction of sp³-hybridized carbons (Fsp3) is 0.355. The van der Waals surface area contributed by atoms with E-state index in [9.17, 15) is 18.0 Å². The number of aryl methyl sites for hydroxylation is 2. The summed E-state index contributed by atoms with van der Waals surface area (Å²) in [6.45, 7) is 5.14. The van der Waals surface area contributed by atoms with Gasteiger partial charge in [0.25, 0.3) is 10.0 Å². The zero-order valence-electron chi connectivity index (χ0n) is 23.1. The predicted octanol–water partition coefficient (Wildman–Crippen LogP) is 5.63. The molecule has 1 N–H and O–H groups in total. The van der Waals surface area contributed by atoms with E-state index in [1.54, 1.807) is 43.3 Å². The molecule has 4 rings (SSSR count). The summed E-state index contributed by atoms with van der Waals surface area (Å²) in [5.41, 5.74) is 2.97. The summed E-state index contributed by atoms with van der Waals surface area (Å²) in [6, 6.07) is 19.9. The number of carbonyl (C=O) groups is 2. The Hall–Kier alpha value is -3.36. The Morgan fingerprint density at radius 2 is 1.62 bits per heavy atom. The predicted molar refractivity (Wildman–Crippen MR) is 159 cm³/mol. The number of nitrogens with one attached hydrogen (secondary N) is 1. The number of sulfonamides is 1. The van der Waals surface area contributed by atoms with Gasteiger partial charge < -0.3 is 10.2 Å². The Morgan fingerprint density at radius 3 is 2.27 bits per heavy atom. The van der Waals surface area contributed by atoms with Crippen molar-refractivity contribution in [3.63, 3.8) is 0 Å². The van der Waals surface area contributed by atoms with E-state index < -0.39 is 28.5 Å². The van der Waals surface area contributed by atoms with E-state index in [0.717, 1.165) is 46.7 Å². The van der Waals surface area contributed by atoms with Crippen LogP contribution >= 0.6 is 11.6 Å². The average molecular weight is 582 g/mol. The summed E-state index contributed by atoms with van der Waals surface area (Å²) in [5.74, 6) is -0.759. The van der Waals surface area contributed by atoms with E-state index in [1.807, 2.05) is 38.1 Å². The van der Waals surface area contributed by atoms with E-state index >= 15 is 0 Å². The highest BCUT2D eigenvalue weighted by molar-refractivity contribution is 7.92. The summed E-state index contributed by atoms with van der Waals surface area (Å²) < 4.78 is 28.9. The van der Waals surface area contributed by atoms with Gasteiger partial charge in [-0.15, -0.1) is 0 Å². The lowest BCUT2D eigenvalue weighted by molar-refractivity contribution is -0.139. The van der Waals surface area contributed by atoms with Crippen molar-refractivity contribution in [1.82, 2.24) is 10.2 Å². The van der Waals surface area contributed by atoms with Gasteiger partial charge in [0.1, 0.15) is 12.6 Å². The first kappa shape index (κ1) is 29.6. The third-order valence-electron chi connectivity index (χ3n) is 7.31. The molecule has 1 aliphatic carbocycles. The summed E-state index contributed by atoms with van der Waals surface area (Å²) in [6.07, 6.45) is 3.96. The largest absolute Gasteiger partial charge is 0.352 e. The molecular weight excluding hydrogens is 546 g/mol. The third-order valence-corrected chi connectivity index (χ3v) is 9.41. The zero-order chi connectivity index (χ0) is 28.9. The molecule has 0 aliphatic heterocycles. The van der Waals surface area contributed by atoms with Gasteiger partial charge in [0.2, 0.25) is 11.8 Å². The number of anilines is 1. The number of carbonyl (C=O) groups excluding carboxylic acids is 2. The quantitative estimate of drug-likeness (QED) is 0.336. The topological polar surface area (TPSA) is 86.8 Å². The van der Waals surface area contributed by atoms with Gasteiger partial charge in [-0.1, -0.05) is 84.1 Å². The van der Waals surface area contributed by atoms with Crippen LogP contribution in [0.25, 0.3) is 0 Å². The van der Waals surface area contributed by atoms with E-state index in [-0.39, 0.29) is 34.1 Å². The summed E-state index contributed by atoms with van der Waals surface area (Å²) >= 11 is 6.46. The van der Waals surface area contributed by atoms with Crippen LogP contribution < -0.4 is 9.62 Å². The molecule has 40 heavy (non-hydrogen) atoms. The lowest BCUT2D eigenvalue weighted by Crippen LogP contribution is -2.52. The maximum atomic E-state index is 14.0. The molecule has 1 fully saturated rings. The van der Waals surface area contributed by atoms with E-state index in [1.165, 1.54) is 17.0 Å². The molecule has 0 spiro atoms. The van der Waals surface area contributed by atoms with Gasteiger partial charge in [-0.2, -0.15) is 0 Å². The van der Waals surface area contributed by atoms with Crippen molar-refractivity contribution in [3.05, 3.63) is 94.5 Å². The van der Waals surface area contributed by atoms with Gasteiger partial charge in [-0.25, -0.2) is 8.42 Å². The monoisotopic (exact) mass is 581 g/mol. The Morgan fingerprint density at radius 1 is 0.950 bits per heavy atom. The molecule has 1 aliphatic rings. The molecule has 1 saturated carbocycles. The molecule has 7 nitrogen and oxygen atoms in total. The van der Waals surface area contributed by atoms with Crippen LogP contribution in [0.3, 0.4) is 0 Å². The molecule has 2 amide bonds. The number of hydrogen-bond donors (Lipinski definition) is 1. The van der Waals surface area contributed by atoms with Gasteiger partial charge >= 0.3 is 0 Å². The molecule has 0 unspecified atom stereocenters. The standard InChI is InChI=1S/C31H36ClN3O4S/c1-22-15-17-27(18-16-22)40(38,39)35(29-14-7-6-13-28(29)32)21-30(36)34(20-25-10-8-9-23(2)19-25)24(3)31(37)33-26-11-4-5-12-26/h6-10,13-19,24,26H,4-5,11-12,20-21H2,1-3H3,(H,33,37)/t24-/m0/s1. The fourth-order valence-corrected chi connectivity index (χ4v) is 6.71.